The van der Waals surface area contributed by atoms with Gasteiger partial charge >= 0.3 is 0 Å². The van der Waals surface area contributed by atoms with Gasteiger partial charge in [0, 0.05) is 35.9 Å². The SMILES string of the molecule is c1cc(-c2nncn2C2CC2)cc(-[n+]2ccc(-c3ccc(C4CC4)cc3)cc2)c1. The lowest BCUT2D eigenvalue weighted by Crippen LogP contribution is -2.29. The smallest absolute Gasteiger partial charge is 0.211 e. The monoisotopic (exact) mass is 379 g/mol. The van der Waals surface area contributed by atoms with Crippen molar-refractivity contribution in [3.8, 4) is 28.2 Å². The Morgan fingerprint density at radius 1 is 0.793 bits per heavy atom. The molecule has 0 unspecified atom stereocenters. The zero-order chi connectivity index (χ0) is 19.2. The van der Waals surface area contributed by atoms with Crippen LogP contribution in [0.25, 0.3) is 28.2 Å². The third-order valence-electron chi connectivity index (χ3n) is 6.04. The van der Waals surface area contributed by atoms with Crippen LogP contribution in [0, 0.1) is 0 Å². The maximum absolute atomic E-state index is 4.36. The van der Waals surface area contributed by atoms with Crippen LogP contribution in [0.4, 0.5) is 0 Å². The molecule has 0 atom stereocenters. The van der Waals surface area contributed by atoms with Crippen molar-refractivity contribution in [2.45, 2.75) is 37.6 Å². The molecule has 29 heavy (non-hydrogen) atoms. The van der Waals surface area contributed by atoms with E-state index < -0.39 is 0 Å². The largest absolute Gasteiger partial charge is 0.310 e. The summed E-state index contributed by atoms with van der Waals surface area (Å²) >= 11 is 0. The molecular weight excluding hydrogens is 356 g/mol. The molecular formula is C25H23N4+. The molecule has 4 aromatic rings. The Bertz CT molecular complexity index is 1150. The van der Waals surface area contributed by atoms with Crippen LogP contribution in [-0.2, 0) is 0 Å². The number of hydrogen-bond donors (Lipinski definition) is 0. The molecule has 4 heteroatoms. The molecule has 0 aliphatic heterocycles. The molecule has 2 aliphatic rings. The normalized spacial score (nSPS) is 16.1. The van der Waals surface area contributed by atoms with Gasteiger partial charge in [-0.25, -0.2) is 0 Å². The molecule has 2 heterocycles. The average molecular weight is 379 g/mol. The minimum atomic E-state index is 0.571. The van der Waals surface area contributed by atoms with Gasteiger partial charge < -0.3 is 4.57 Å². The highest BCUT2D eigenvalue weighted by Crippen LogP contribution is 2.40. The molecule has 2 aliphatic carbocycles. The highest BCUT2D eigenvalue weighted by atomic mass is 15.3. The molecule has 0 spiro atoms. The van der Waals surface area contributed by atoms with E-state index in [2.05, 4.69) is 92.4 Å². The predicted molar refractivity (Wildman–Crippen MR) is 113 cm³/mol. The van der Waals surface area contributed by atoms with Crippen molar-refractivity contribution in [1.29, 1.82) is 0 Å². The lowest BCUT2D eigenvalue weighted by Gasteiger charge is -2.06. The minimum absolute atomic E-state index is 0.571. The lowest BCUT2D eigenvalue weighted by atomic mass is 10.0. The van der Waals surface area contributed by atoms with Crippen LogP contribution in [0.15, 0.2) is 79.4 Å². The molecule has 0 N–H and O–H groups in total. The van der Waals surface area contributed by atoms with Crippen molar-refractivity contribution in [2.24, 2.45) is 0 Å². The summed E-state index contributed by atoms with van der Waals surface area (Å²) in [5.74, 6) is 1.77. The van der Waals surface area contributed by atoms with Gasteiger partial charge in [0.15, 0.2) is 18.2 Å². The van der Waals surface area contributed by atoms with Gasteiger partial charge in [-0.3, -0.25) is 0 Å². The highest BCUT2D eigenvalue weighted by molar-refractivity contribution is 5.63. The Morgan fingerprint density at radius 3 is 2.28 bits per heavy atom. The summed E-state index contributed by atoms with van der Waals surface area (Å²) in [5, 5.41) is 8.50. The van der Waals surface area contributed by atoms with Crippen molar-refractivity contribution in [3.63, 3.8) is 0 Å². The van der Waals surface area contributed by atoms with Gasteiger partial charge in [0.2, 0.25) is 5.69 Å². The Balaban J connectivity index is 1.28. The van der Waals surface area contributed by atoms with Gasteiger partial charge in [-0.05, 0) is 48.3 Å². The Morgan fingerprint density at radius 2 is 1.55 bits per heavy atom. The van der Waals surface area contributed by atoms with Gasteiger partial charge in [0.05, 0.1) is 0 Å². The summed E-state index contributed by atoms with van der Waals surface area (Å²) in [6.45, 7) is 0. The maximum Gasteiger partial charge on any atom is 0.211 e. The first-order chi connectivity index (χ1) is 14.3. The third kappa shape index (κ3) is 3.25. The van der Waals surface area contributed by atoms with Crippen LogP contribution in [0.1, 0.15) is 43.2 Å². The molecule has 2 aromatic carbocycles. The van der Waals surface area contributed by atoms with Crippen LogP contribution in [0.5, 0.6) is 0 Å². The second kappa shape index (κ2) is 6.66. The van der Waals surface area contributed by atoms with Crippen LogP contribution in [-0.4, -0.2) is 14.8 Å². The second-order valence-electron chi connectivity index (χ2n) is 8.23. The Hall–Kier alpha value is -3.27. The van der Waals surface area contributed by atoms with Gasteiger partial charge in [0.25, 0.3) is 0 Å². The zero-order valence-corrected chi connectivity index (χ0v) is 16.3. The number of benzene rings is 2. The quantitative estimate of drug-likeness (QED) is 0.452. The van der Waals surface area contributed by atoms with Crippen molar-refractivity contribution in [3.05, 3.63) is 84.9 Å². The first-order valence-corrected chi connectivity index (χ1v) is 10.5. The Labute approximate surface area is 170 Å². The van der Waals surface area contributed by atoms with Gasteiger partial charge in [-0.15, -0.1) is 10.2 Å². The fourth-order valence-electron chi connectivity index (χ4n) is 4.03. The van der Waals surface area contributed by atoms with Gasteiger partial charge in [0.1, 0.15) is 6.33 Å². The lowest BCUT2D eigenvalue weighted by molar-refractivity contribution is -0.595. The summed E-state index contributed by atoms with van der Waals surface area (Å²) in [7, 11) is 0. The fraction of sp³-hybridized carbons (Fsp3) is 0.240. The number of pyridine rings is 1. The summed E-state index contributed by atoms with van der Waals surface area (Å²) in [6, 6.07) is 22.5. The zero-order valence-electron chi connectivity index (χ0n) is 16.3. The van der Waals surface area contributed by atoms with Gasteiger partial charge in [-0.2, -0.15) is 4.57 Å². The van der Waals surface area contributed by atoms with E-state index in [1.807, 2.05) is 6.33 Å². The fourth-order valence-corrected chi connectivity index (χ4v) is 4.03. The first-order valence-electron chi connectivity index (χ1n) is 10.5. The average Bonchev–Trinajstić information content (AvgIpc) is 3.73. The van der Waals surface area contributed by atoms with E-state index in [-0.39, 0.29) is 0 Å². The van der Waals surface area contributed by atoms with Gasteiger partial charge in [-0.1, -0.05) is 36.4 Å². The molecule has 2 aromatic heterocycles. The second-order valence-corrected chi connectivity index (χ2v) is 8.23. The van der Waals surface area contributed by atoms with Crippen molar-refractivity contribution in [2.75, 3.05) is 0 Å². The Kier molecular flexibility index (Phi) is 3.83. The van der Waals surface area contributed by atoms with E-state index in [1.165, 1.54) is 42.4 Å². The molecule has 6 rings (SSSR count). The highest BCUT2D eigenvalue weighted by Gasteiger charge is 2.27. The van der Waals surface area contributed by atoms with Crippen molar-refractivity contribution >= 4 is 0 Å². The van der Waals surface area contributed by atoms with Crippen LogP contribution in [0.3, 0.4) is 0 Å². The molecule has 0 bridgehead atoms. The van der Waals surface area contributed by atoms with E-state index in [1.54, 1.807) is 0 Å². The summed E-state index contributed by atoms with van der Waals surface area (Å²) < 4.78 is 4.36. The predicted octanol–water partition coefficient (Wildman–Crippen LogP) is 5.10. The van der Waals surface area contributed by atoms with Crippen molar-refractivity contribution in [1.82, 2.24) is 14.8 Å². The van der Waals surface area contributed by atoms with E-state index >= 15 is 0 Å². The van der Waals surface area contributed by atoms with E-state index in [0.717, 1.165) is 23.0 Å². The molecule has 2 saturated carbocycles. The molecule has 0 saturated heterocycles. The molecule has 0 radical (unpaired) electrons. The van der Waals surface area contributed by atoms with E-state index in [0.29, 0.717) is 6.04 Å². The number of nitrogens with zero attached hydrogens (tertiary/aromatic N) is 4. The van der Waals surface area contributed by atoms with Crippen LogP contribution < -0.4 is 4.57 Å². The van der Waals surface area contributed by atoms with Crippen molar-refractivity contribution < 1.29 is 4.57 Å². The molecule has 4 nitrogen and oxygen atoms in total. The first kappa shape index (κ1) is 16.7. The van der Waals surface area contributed by atoms with Crippen LogP contribution in [0.2, 0.25) is 0 Å². The molecule has 2 fully saturated rings. The molecule has 142 valence electrons. The number of hydrogen-bond acceptors (Lipinski definition) is 2. The maximum atomic E-state index is 4.36. The summed E-state index contributed by atoms with van der Waals surface area (Å²) in [4.78, 5) is 0. The topological polar surface area (TPSA) is 34.6 Å². The van der Waals surface area contributed by atoms with E-state index in [4.69, 9.17) is 0 Å². The molecule has 0 amide bonds. The van der Waals surface area contributed by atoms with Crippen LogP contribution >= 0.6 is 0 Å². The number of aromatic nitrogens is 4. The summed E-state index contributed by atoms with van der Waals surface area (Å²) in [6.07, 6.45) is 11.3. The minimum Gasteiger partial charge on any atom is -0.310 e. The summed E-state index contributed by atoms with van der Waals surface area (Å²) in [5.41, 5.74) is 6.24. The number of rotatable bonds is 5. The third-order valence-corrected chi connectivity index (χ3v) is 6.04. The standard InChI is InChI=1S/C25H23N4/c1-2-22(25-27-26-17-29(25)23-10-11-23)16-24(3-1)28-14-12-21(13-15-28)20-8-6-19(7-9-20)18-4-5-18/h1-3,6-9,12-18,23H,4-5,10-11H2/q+1. The van der Waals surface area contributed by atoms with E-state index in [9.17, 15) is 0 Å².